The van der Waals surface area contributed by atoms with Crippen LogP contribution in [0.1, 0.15) is 34.8 Å². The third-order valence-electron chi connectivity index (χ3n) is 3.24. The van der Waals surface area contributed by atoms with Crippen LogP contribution in [0.25, 0.3) is 0 Å². The Morgan fingerprint density at radius 2 is 2.38 bits per heavy atom. The maximum atomic E-state index is 11.8. The van der Waals surface area contributed by atoms with Crippen LogP contribution in [0, 0.1) is 6.92 Å². The maximum Gasteiger partial charge on any atom is 0.280 e. The van der Waals surface area contributed by atoms with E-state index < -0.39 is 0 Å². The van der Waals surface area contributed by atoms with E-state index in [1.165, 1.54) is 17.8 Å². The lowest BCUT2D eigenvalue weighted by Gasteiger charge is -2.41. The van der Waals surface area contributed by atoms with Gasteiger partial charge < -0.3 is 10.6 Å². The van der Waals surface area contributed by atoms with Gasteiger partial charge in [-0.3, -0.25) is 4.79 Å². The van der Waals surface area contributed by atoms with E-state index in [1.807, 2.05) is 19.4 Å². The number of hydrogen-bond acceptors (Lipinski definition) is 4. The highest BCUT2D eigenvalue weighted by Gasteiger charge is 2.35. The Hall–Kier alpha value is -0.940. The van der Waals surface area contributed by atoms with Gasteiger partial charge >= 0.3 is 0 Å². The van der Waals surface area contributed by atoms with Gasteiger partial charge in [-0.2, -0.15) is 0 Å². The molecule has 2 rings (SSSR count). The number of rotatable bonds is 4. The van der Waals surface area contributed by atoms with Crippen molar-refractivity contribution < 1.29 is 4.79 Å². The molecule has 1 heterocycles. The Bertz CT molecular complexity index is 379. The fourth-order valence-corrected chi connectivity index (χ4v) is 2.61. The first kappa shape index (κ1) is 11.5. The second-order valence-electron chi connectivity index (χ2n) is 4.36. The van der Waals surface area contributed by atoms with E-state index in [-0.39, 0.29) is 11.4 Å². The van der Waals surface area contributed by atoms with Crippen LogP contribution in [0.15, 0.2) is 5.38 Å². The molecule has 1 aromatic rings. The van der Waals surface area contributed by atoms with Crippen LogP contribution in [0.5, 0.6) is 0 Å². The monoisotopic (exact) mass is 239 g/mol. The highest BCUT2D eigenvalue weighted by Crippen LogP contribution is 2.30. The van der Waals surface area contributed by atoms with Crippen LogP contribution < -0.4 is 10.6 Å². The van der Waals surface area contributed by atoms with Crippen LogP contribution in [0.2, 0.25) is 0 Å². The standard InChI is InChI=1S/C11H17N3OS/c1-8-6-16-10(14-8)9(15)13-7-11(12-2)4-3-5-11/h6,12H,3-5,7H2,1-2H3,(H,13,15). The van der Waals surface area contributed by atoms with Gasteiger partial charge in [-0.1, -0.05) is 0 Å². The van der Waals surface area contributed by atoms with Crippen LogP contribution in [0.3, 0.4) is 0 Å². The average Bonchev–Trinajstić information content (AvgIpc) is 2.64. The minimum absolute atomic E-state index is 0.0559. The van der Waals surface area contributed by atoms with E-state index in [0.717, 1.165) is 18.5 Å². The largest absolute Gasteiger partial charge is 0.348 e. The molecule has 1 aliphatic rings. The molecule has 88 valence electrons. The molecule has 1 aliphatic carbocycles. The van der Waals surface area contributed by atoms with E-state index >= 15 is 0 Å². The molecule has 1 saturated carbocycles. The van der Waals surface area contributed by atoms with E-state index in [2.05, 4.69) is 15.6 Å². The first-order valence-electron chi connectivity index (χ1n) is 5.54. The fraction of sp³-hybridized carbons (Fsp3) is 0.636. The van der Waals surface area contributed by atoms with Crippen molar-refractivity contribution in [3.05, 3.63) is 16.1 Å². The summed E-state index contributed by atoms with van der Waals surface area (Å²) in [6, 6.07) is 0. The minimum atomic E-state index is -0.0559. The van der Waals surface area contributed by atoms with Gasteiger partial charge in [-0.25, -0.2) is 4.98 Å². The molecule has 0 unspecified atom stereocenters. The Labute approximate surface area is 99.5 Å². The van der Waals surface area contributed by atoms with E-state index in [0.29, 0.717) is 11.6 Å². The number of carbonyl (C=O) groups is 1. The van der Waals surface area contributed by atoms with E-state index in [4.69, 9.17) is 0 Å². The molecular formula is C11H17N3OS. The summed E-state index contributed by atoms with van der Waals surface area (Å²) >= 11 is 1.40. The molecule has 4 nitrogen and oxygen atoms in total. The maximum absolute atomic E-state index is 11.8. The molecule has 0 atom stereocenters. The molecular weight excluding hydrogens is 222 g/mol. The van der Waals surface area contributed by atoms with Crippen LogP contribution in [0.4, 0.5) is 0 Å². The lowest BCUT2D eigenvalue weighted by Crippen LogP contribution is -2.56. The molecule has 2 N–H and O–H groups in total. The predicted molar refractivity (Wildman–Crippen MR) is 64.8 cm³/mol. The number of amides is 1. The number of thiazole rings is 1. The fourth-order valence-electron chi connectivity index (χ4n) is 1.90. The number of nitrogens with one attached hydrogen (secondary N) is 2. The van der Waals surface area contributed by atoms with Crippen molar-refractivity contribution in [2.24, 2.45) is 0 Å². The zero-order valence-electron chi connectivity index (χ0n) is 9.67. The third kappa shape index (κ3) is 2.25. The summed E-state index contributed by atoms with van der Waals surface area (Å²) in [5.41, 5.74) is 1.03. The van der Waals surface area contributed by atoms with Gasteiger partial charge in [0.1, 0.15) is 0 Å². The van der Waals surface area contributed by atoms with Gasteiger partial charge in [0.05, 0.1) is 0 Å². The molecule has 0 radical (unpaired) electrons. The van der Waals surface area contributed by atoms with E-state index in [9.17, 15) is 4.79 Å². The molecule has 0 spiro atoms. The normalized spacial score (nSPS) is 17.9. The molecule has 0 saturated heterocycles. The predicted octanol–water partition coefficient (Wildman–Crippen LogP) is 1.32. The Kier molecular flexibility index (Phi) is 3.25. The topological polar surface area (TPSA) is 54.0 Å². The summed E-state index contributed by atoms with van der Waals surface area (Å²) < 4.78 is 0. The molecule has 1 amide bonds. The molecule has 1 fully saturated rings. The number of nitrogens with zero attached hydrogens (tertiary/aromatic N) is 1. The van der Waals surface area contributed by atoms with Crippen molar-refractivity contribution in [1.82, 2.24) is 15.6 Å². The zero-order chi connectivity index (χ0) is 11.6. The number of aryl methyl sites for hydroxylation is 1. The number of carbonyl (C=O) groups excluding carboxylic acids is 1. The first-order chi connectivity index (χ1) is 7.65. The van der Waals surface area contributed by atoms with Crippen molar-refractivity contribution >= 4 is 17.2 Å². The van der Waals surface area contributed by atoms with Gasteiger partial charge in [0.2, 0.25) is 0 Å². The van der Waals surface area contributed by atoms with Crippen molar-refractivity contribution in [3.8, 4) is 0 Å². The summed E-state index contributed by atoms with van der Waals surface area (Å²) in [4.78, 5) is 15.9. The van der Waals surface area contributed by atoms with Crippen molar-refractivity contribution in [3.63, 3.8) is 0 Å². The number of likely N-dealkylation sites (N-methyl/N-ethyl adjacent to an activating group) is 1. The summed E-state index contributed by atoms with van der Waals surface area (Å²) in [6.07, 6.45) is 3.52. The van der Waals surface area contributed by atoms with Crippen LogP contribution in [-0.4, -0.2) is 30.0 Å². The molecule has 0 aromatic carbocycles. The summed E-state index contributed by atoms with van der Waals surface area (Å²) in [7, 11) is 1.96. The molecule has 5 heteroatoms. The Morgan fingerprint density at radius 1 is 1.62 bits per heavy atom. The summed E-state index contributed by atoms with van der Waals surface area (Å²) in [5.74, 6) is -0.0559. The Morgan fingerprint density at radius 3 is 2.81 bits per heavy atom. The van der Waals surface area contributed by atoms with Crippen molar-refractivity contribution in [2.75, 3.05) is 13.6 Å². The van der Waals surface area contributed by atoms with Crippen LogP contribution >= 0.6 is 11.3 Å². The summed E-state index contributed by atoms with van der Waals surface area (Å²) in [6.45, 7) is 2.59. The minimum Gasteiger partial charge on any atom is -0.348 e. The van der Waals surface area contributed by atoms with Gasteiger partial charge in [-0.05, 0) is 33.2 Å². The molecule has 0 bridgehead atoms. The average molecular weight is 239 g/mol. The third-order valence-corrected chi connectivity index (χ3v) is 4.20. The van der Waals surface area contributed by atoms with Crippen LogP contribution in [-0.2, 0) is 0 Å². The number of aromatic nitrogens is 1. The zero-order valence-corrected chi connectivity index (χ0v) is 10.5. The van der Waals surface area contributed by atoms with Gasteiger partial charge in [0.15, 0.2) is 5.01 Å². The molecule has 0 aliphatic heterocycles. The lowest BCUT2D eigenvalue weighted by molar-refractivity contribution is 0.0917. The van der Waals surface area contributed by atoms with Crippen molar-refractivity contribution in [2.45, 2.75) is 31.7 Å². The SMILES string of the molecule is CNC1(CNC(=O)c2nc(C)cs2)CCC1. The number of hydrogen-bond donors (Lipinski definition) is 2. The van der Waals surface area contributed by atoms with Gasteiger partial charge in [0.25, 0.3) is 5.91 Å². The highest BCUT2D eigenvalue weighted by atomic mass is 32.1. The lowest BCUT2D eigenvalue weighted by atomic mass is 9.77. The van der Waals surface area contributed by atoms with Crippen molar-refractivity contribution in [1.29, 1.82) is 0 Å². The molecule has 1 aromatic heterocycles. The smallest absolute Gasteiger partial charge is 0.280 e. The Balaban J connectivity index is 1.88. The molecule has 16 heavy (non-hydrogen) atoms. The second-order valence-corrected chi connectivity index (χ2v) is 5.22. The summed E-state index contributed by atoms with van der Waals surface area (Å²) in [5, 5.41) is 8.70. The van der Waals surface area contributed by atoms with Gasteiger partial charge in [-0.15, -0.1) is 11.3 Å². The van der Waals surface area contributed by atoms with Gasteiger partial charge in [0, 0.05) is 23.2 Å². The van der Waals surface area contributed by atoms with E-state index in [1.54, 1.807) is 0 Å². The first-order valence-corrected chi connectivity index (χ1v) is 6.42. The highest BCUT2D eigenvalue weighted by molar-refractivity contribution is 7.11. The second kappa shape index (κ2) is 4.51. The quantitative estimate of drug-likeness (QED) is 0.833.